The molecule has 2 atom stereocenters. The number of aliphatic carboxylic acids is 1. The van der Waals surface area contributed by atoms with Gasteiger partial charge < -0.3 is 10.4 Å². The monoisotopic (exact) mass is 307 g/mol. The summed E-state index contributed by atoms with van der Waals surface area (Å²) in [5.41, 5.74) is 0.561. The molecule has 0 aliphatic heterocycles. The maximum atomic E-state index is 13.5. The summed E-state index contributed by atoms with van der Waals surface area (Å²) in [7, 11) is 0. The number of hydrogen-bond donors (Lipinski definition) is 2. The van der Waals surface area contributed by atoms with Crippen molar-refractivity contribution in [2.75, 3.05) is 0 Å². The molecule has 1 rings (SSSR count). The van der Waals surface area contributed by atoms with Gasteiger partial charge in [0.05, 0.1) is 0 Å². The van der Waals surface area contributed by atoms with E-state index in [0.29, 0.717) is 18.4 Å². The van der Waals surface area contributed by atoms with Crippen LogP contribution < -0.4 is 5.32 Å². The van der Waals surface area contributed by atoms with Crippen molar-refractivity contribution >= 4 is 11.9 Å². The van der Waals surface area contributed by atoms with Gasteiger partial charge in [-0.15, -0.1) is 0 Å². The van der Waals surface area contributed by atoms with E-state index < -0.39 is 12.0 Å². The molecule has 1 amide bonds. The van der Waals surface area contributed by atoms with E-state index in [-0.39, 0.29) is 24.1 Å². The minimum Gasteiger partial charge on any atom is -0.480 e. The third kappa shape index (κ3) is 5.68. The van der Waals surface area contributed by atoms with E-state index >= 15 is 0 Å². The topological polar surface area (TPSA) is 66.4 Å². The Kier molecular flexibility index (Phi) is 7.29. The van der Waals surface area contributed by atoms with Crippen molar-refractivity contribution in [1.82, 2.24) is 5.32 Å². The first-order valence-corrected chi connectivity index (χ1v) is 7.33. The molecule has 0 radical (unpaired) electrons. The Morgan fingerprint density at radius 2 is 2.05 bits per heavy atom. The Balaban J connectivity index is 2.53. The molecule has 120 valence electrons. The van der Waals surface area contributed by atoms with Gasteiger partial charge in [0.25, 0.3) is 0 Å². The summed E-state index contributed by atoms with van der Waals surface area (Å²) in [6, 6.07) is 5.51. The van der Waals surface area contributed by atoms with E-state index in [4.69, 9.17) is 5.11 Å². The summed E-state index contributed by atoms with van der Waals surface area (Å²) in [6.07, 6.45) is 4.58. The Bertz CT molecular complexity index is 542. The molecule has 1 aromatic rings. The van der Waals surface area contributed by atoms with Gasteiger partial charge in [0.2, 0.25) is 5.91 Å². The first-order valence-electron chi connectivity index (χ1n) is 7.33. The number of nitrogens with one attached hydrogen (secondary N) is 1. The second-order valence-electron chi connectivity index (χ2n) is 5.24. The highest BCUT2D eigenvalue weighted by Crippen LogP contribution is 2.13. The van der Waals surface area contributed by atoms with Gasteiger partial charge in [-0.25, -0.2) is 9.18 Å². The highest BCUT2D eigenvalue weighted by molar-refractivity contribution is 5.84. The number of carbonyl (C=O) groups excluding carboxylic acids is 1. The van der Waals surface area contributed by atoms with E-state index in [9.17, 15) is 14.0 Å². The minimum atomic E-state index is -1.06. The first kappa shape index (κ1) is 17.9. The van der Waals surface area contributed by atoms with Crippen molar-refractivity contribution < 1.29 is 19.1 Å². The lowest BCUT2D eigenvalue weighted by atomic mass is 9.99. The Labute approximate surface area is 130 Å². The fraction of sp³-hybridized carbons (Fsp3) is 0.412. The number of carboxylic acid groups (broad SMARTS) is 1. The van der Waals surface area contributed by atoms with Crippen LogP contribution in [0.1, 0.15) is 32.3 Å². The Morgan fingerprint density at radius 3 is 2.64 bits per heavy atom. The number of hydrogen-bond acceptors (Lipinski definition) is 2. The van der Waals surface area contributed by atoms with Crippen molar-refractivity contribution in [3.05, 3.63) is 47.8 Å². The molecular weight excluding hydrogens is 285 g/mol. The van der Waals surface area contributed by atoms with Crippen LogP contribution in [-0.4, -0.2) is 23.0 Å². The Morgan fingerprint density at radius 1 is 1.36 bits per heavy atom. The molecule has 5 heteroatoms. The summed E-state index contributed by atoms with van der Waals surface area (Å²) in [4.78, 5) is 23.1. The van der Waals surface area contributed by atoms with Crippen LogP contribution in [0.3, 0.4) is 0 Å². The van der Waals surface area contributed by atoms with Gasteiger partial charge in [0.15, 0.2) is 0 Å². The van der Waals surface area contributed by atoms with Gasteiger partial charge in [0, 0.05) is 5.92 Å². The van der Waals surface area contributed by atoms with Gasteiger partial charge in [-0.1, -0.05) is 37.3 Å². The third-order valence-corrected chi connectivity index (χ3v) is 3.47. The van der Waals surface area contributed by atoms with Crippen LogP contribution in [-0.2, 0) is 16.0 Å². The summed E-state index contributed by atoms with van der Waals surface area (Å²) >= 11 is 0. The molecule has 0 aliphatic rings. The van der Waals surface area contributed by atoms with Crippen molar-refractivity contribution in [3.8, 4) is 0 Å². The van der Waals surface area contributed by atoms with Gasteiger partial charge in [-0.3, -0.25) is 4.79 Å². The zero-order valence-electron chi connectivity index (χ0n) is 12.9. The number of rotatable bonds is 8. The van der Waals surface area contributed by atoms with Crippen LogP contribution in [0.5, 0.6) is 0 Å². The summed E-state index contributed by atoms with van der Waals surface area (Å²) in [5.74, 6) is -2.06. The van der Waals surface area contributed by atoms with Crippen LogP contribution in [0.15, 0.2) is 36.4 Å². The number of benzene rings is 1. The van der Waals surface area contributed by atoms with Crippen molar-refractivity contribution in [2.45, 2.75) is 39.2 Å². The zero-order valence-corrected chi connectivity index (χ0v) is 12.9. The zero-order chi connectivity index (χ0) is 16.5. The molecule has 0 fully saturated rings. The van der Waals surface area contributed by atoms with Crippen molar-refractivity contribution in [1.29, 1.82) is 0 Å². The quantitative estimate of drug-likeness (QED) is 0.726. The van der Waals surface area contributed by atoms with Crippen molar-refractivity contribution in [3.63, 3.8) is 0 Å². The smallest absolute Gasteiger partial charge is 0.326 e. The van der Waals surface area contributed by atoms with Crippen LogP contribution in [0, 0.1) is 11.7 Å². The van der Waals surface area contributed by atoms with Crippen molar-refractivity contribution in [2.24, 2.45) is 5.92 Å². The van der Waals surface area contributed by atoms with Crippen LogP contribution >= 0.6 is 0 Å². The lowest BCUT2D eigenvalue weighted by Crippen LogP contribution is -2.42. The van der Waals surface area contributed by atoms with Gasteiger partial charge >= 0.3 is 5.97 Å². The Hall–Kier alpha value is -2.17. The second kappa shape index (κ2) is 8.97. The van der Waals surface area contributed by atoms with E-state index in [1.165, 1.54) is 6.07 Å². The van der Waals surface area contributed by atoms with Crippen LogP contribution in [0.4, 0.5) is 4.39 Å². The summed E-state index contributed by atoms with van der Waals surface area (Å²) in [6.45, 7) is 3.50. The molecule has 0 spiro atoms. The molecule has 2 unspecified atom stereocenters. The second-order valence-corrected chi connectivity index (χ2v) is 5.24. The highest BCUT2D eigenvalue weighted by atomic mass is 19.1. The number of carboxylic acids is 1. The minimum absolute atomic E-state index is 0.248. The molecule has 4 nitrogen and oxygen atoms in total. The molecule has 22 heavy (non-hydrogen) atoms. The summed E-state index contributed by atoms with van der Waals surface area (Å²) in [5, 5.41) is 11.6. The number of aryl methyl sites for hydroxylation is 1. The van der Waals surface area contributed by atoms with E-state index in [0.717, 1.165) is 0 Å². The van der Waals surface area contributed by atoms with Crippen LogP contribution in [0.2, 0.25) is 0 Å². The highest BCUT2D eigenvalue weighted by Gasteiger charge is 2.21. The van der Waals surface area contributed by atoms with Gasteiger partial charge in [-0.05, 0) is 37.8 Å². The molecule has 0 heterocycles. The molecule has 0 aromatic heterocycles. The number of halogens is 1. The molecule has 0 bridgehead atoms. The van der Waals surface area contributed by atoms with E-state index in [1.807, 2.05) is 0 Å². The predicted octanol–water partition coefficient (Wildman–Crippen LogP) is 2.93. The molecular formula is C17H22FNO3. The molecule has 1 aromatic carbocycles. The molecule has 2 N–H and O–H groups in total. The predicted molar refractivity (Wildman–Crippen MR) is 82.9 cm³/mol. The normalized spacial score (nSPS) is 13.8. The fourth-order valence-corrected chi connectivity index (χ4v) is 2.01. The number of amides is 1. The molecule has 0 aliphatic carbocycles. The lowest BCUT2D eigenvalue weighted by Gasteiger charge is -2.17. The molecule has 0 saturated heterocycles. The maximum absolute atomic E-state index is 13.5. The molecule has 0 saturated carbocycles. The number of allylic oxidation sites excluding steroid dienone is 1. The average Bonchev–Trinajstić information content (AvgIpc) is 2.49. The fourth-order valence-electron chi connectivity index (χ4n) is 2.01. The SMILES string of the molecule is C/C=C/CC(NC(=O)C(C)CCc1ccccc1F)C(=O)O. The average molecular weight is 307 g/mol. The van der Waals surface area contributed by atoms with Gasteiger partial charge in [-0.2, -0.15) is 0 Å². The van der Waals surface area contributed by atoms with E-state index in [1.54, 1.807) is 44.2 Å². The summed E-state index contributed by atoms with van der Waals surface area (Å²) < 4.78 is 13.5. The van der Waals surface area contributed by atoms with Gasteiger partial charge in [0.1, 0.15) is 11.9 Å². The lowest BCUT2D eigenvalue weighted by molar-refractivity contribution is -0.142. The van der Waals surface area contributed by atoms with E-state index in [2.05, 4.69) is 5.32 Å². The standard InChI is InChI=1S/C17H22FNO3/c1-3-4-9-15(17(21)22)19-16(20)12(2)10-11-13-7-5-6-8-14(13)18/h3-8,12,15H,9-11H2,1-2H3,(H,19,20)(H,21,22)/b4-3+. The maximum Gasteiger partial charge on any atom is 0.326 e. The third-order valence-electron chi connectivity index (χ3n) is 3.47. The van der Waals surface area contributed by atoms with Crippen LogP contribution in [0.25, 0.3) is 0 Å². The number of carbonyl (C=O) groups is 2. The first-order chi connectivity index (χ1) is 10.5. The largest absolute Gasteiger partial charge is 0.480 e.